The molecule has 2 atom stereocenters. The predicted molar refractivity (Wildman–Crippen MR) is 204 cm³/mol. The number of hydrogen-bond acceptors (Lipinski definition) is 9. The van der Waals surface area contributed by atoms with Gasteiger partial charge in [0, 0.05) is 49.1 Å². The molecule has 4 fully saturated rings. The summed E-state index contributed by atoms with van der Waals surface area (Å²) >= 11 is 1.44. The zero-order valence-electron chi connectivity index (χ0n) is 30.6. The normalized spacial score (nSPS) is 27.2. The summed E-state index contributed by atoms with van der Waals surface area (Å²) in [7, 11) is 1.88. The van der Waals surface area contributed by atoms with Gasteiger partial charge in [0.15, 0.2) is 5.13 Å². The van der Waals surface area contributed by atoms with Crippen molar-refractivity contribution in [2.75, 3.05) is 23.9 Å². The van der Waals surface area contributed by atoms with Crippen molar-refractivity contribution in [2.24, 2.45) is 16.2 Å². The maximum atomic E-state index is 13.6. The molecular formula is C41H44N6O5S. The van der Waals surface area contributed by atoms with E-state index in [-0.39, 0.29) is 33.6 Å². The molecule has 4 saturated carbocycles. The standard InChI is InChI=1S/C41H44N6O5S/c1-25-29(16-42-47(25)24-40-19-38(2)18-39(3,20-40)22-41(21-38,23-40)51-4)28-12-13-33(44-35(28)52-37(49)50)46-15-14-26-8-7-9-27(30(26)17-46)34(48)45-36-43-31-10-5-6-11-32(31)53-36/h5-13,16H,14-15,17-24H2,1-4H3,(H,49,50)(H,43,45,48). The maximum Gasteiger partial charge on any atom is 0.512 e. The van der Waals surface area contributed by atoms with Crippen molar-refractivity contribution < 1.29 is 24.2 Å². The summed E-state index contributed by atoms with van der Waals surface area (Å²) in [5.41, 5.74) is 6.24. The zero-order chi connectivity index (χ0) is 36.8. The summed E-state index contributed by atoms with van der Waals surface area (Å²) in [4.78, 5) is 37.0. The fraction of sp³-hybridized carbons (Fsp3) is 0.439. The van der Waals surface area contributed by atoms with Crippen LogP contribution in [-0.2, 0) is 24.2 Å². The average molecular weight is 733 g/mol. The van der Waals surface area contributed by atoms with E-state index in [1.807, 2.05) is 68.8 Å². The van der Waals surface area contributed by atoms with Crippen molar-refractivity contribution in [3.63, 3.8) is 0 Å². The monoisotopic (exact) mass is 732 g/mol. The first-order valence-electron chi connectivity index (χ1n) is 18.4. The highest BCUT2D eigenvalue weighted by Gasteiger charge is 2.66. The quantitative estimate of drug-likeness (QED) is 0.151. The van der Waals surface area contributed by atoms with E-state index in [9.17, 15) is 14.7 Å². The second kappa shape index (κ2) is 12.1. The third-order valence-corrected chi connectivity index (χ3v) is 13.3. The summed E-state index contributed by atoms with van der Waals surface area (Å²) in [5.74, 6) is 0.364. The van der Waals surface area contributed by atoms with Crippen LogP contribution in [0, 0.1) is 23.2 Å². The third kappa shape index (κ3) is 5.96. The van der Waals surface area contributed by atoms with Gasteiger partial charge in [-0.25, -0.2) is 9.78 Å². The molecule has 0 radical (unpaired) electrons. The first-order valence-corrected chi connectivity index (χ1v) is 19.2. The van der Waals surface area contributed by atoms with Gasteiger partial charge in [-0.3, -0.25) is 14.8 Å². The molecule has 53 heavy (non-hydrogen) atoms. The molecule has 2 aromatic carbocycles. The minimum absolute atomic E-state index is 0.0125. The molecule has 2 N–H and O–H groups in total. The van der Waals surface area contributed by atoms with Crippen LogP contribution in [-0.4, -0.2) is 56.2 Å². The smallest absolute Gasteiger partial charge is 0.449 e. The molecule has 4 bridgehead atoms. The van der Waals surface area contributed by atoms with E-state index in [1.165, 1.54) is 17.8 Å². The number of nitrogens with one attached hydrogen (secondary N) is 1. The summed E-state index contributed by atoms with van der Waals surface area (Å²) < 4.78 is 14.8. The second-order valence-corrected chi connectivity index (χ2v) is 17.8. The molecule has 11 nitrogen and oxygen atoms in total. The lowest BCUT2D eigenvalue weighted by Gasteiger charge is -2.69. The highest BCUT2D eigenvalue weighted by atomic mass is 32.1. The number of benzene rings is 2. The van der Waals surface area contributed by atoms with E-state index in [4.69, 9.17) is 19.6 Å². The van der Waals surface area contributed by atoms with Crippen molar-refractivity contribution in [3.05, 3.63) is 83.2 Å². The first kappa shape index (κ1) is 34.0. The van der Waals surface area contributed by atoms with Crippen LogP contribution in [0.5, 0.6) is 5.88 Å². The Morgan fingerprint density at radius 3 is 2.49 bits per heavy atom. The molecule has 1 aliphatic heterocycles. The molecule has 5 aromatic rings. The maximum absolute atomic E-state index is 13.6. The Labute approximate surface area is 312 Å². The molecule has 5 aliphatic rings. The lowest BCUT2D eigenvalue weighted by Crippen LogP contribution is -2.64. The molecule has 4 heterocycles. The average Bonchev–Trinajstić information content (AvgIpc) is 3.67. The largest absolute Gasteiger partial charge is 0.512 e. The Morgan fingerprint density at radius 1 is 0.943 bits per heavy atom. The third-order valence-electron chi connectivity index (χ3n) is 12.3. The van der Waals surface area contributed by atoms with Crippen LogP contribution in [0.25, 0.3) is 21.3 Å². The van der Waals surface area contributed by atoms with Gasteiger partial charge in [0.1, 0.15) is 5.82 Å². The molecule has 1 amide bonds. The SMILES string of the molecule is COC12CC3(C)CC(C)(CC(Cn4ncc(-c5ccc(N6CCc7cccc(C(=O)Nc8nc9ccccc9s8)c7C6)nc5OC(=O)O)c4C)(C3)C1)C2. The van der Waals surface area contributed by atoms with Crippen LogP contribution < -0.4 is 15.0 Å². The molecule has 274 valence electrons. The van der Waals surface area contributed by atoms with Crippen LogP contribution >= 0.6 is 11.3 Å². The van der Waals surface area contributed by atoms with Crippen LogP contribution in [0.2, 0.25) is 0 Å². The fourth-order valence-corrected chi connectivity index (χ4v) is 12.3. The van der Waals surface area contributed by atoms with Crippen molar-refractivity contribution in [2.45, 2.75) is 84.4 Å². The van der Waals surface area contributed by atoms with Gasteiger partial charge in [0.25, 0.3) is 5.91 Å². The number of anilines is 2. The van der Waals surface area contributed by atoms with E-state index in [0.29, 0.717) is 41.6 Å². The number of rotatable bonds is 8. The first-order chi connectivity index (χ1) is 25.4. The Balaban J connectivity index is 0.983. The van der Waals surface area contributed by atoms with E-state index in [2.05, 4.69) is 39.8 Å². The number of pyridine rings is 1. The Bertz CT molecular complexity index is 2250. The number of nitrogens with zero attached hydrogens (tertiary/aromatic N) is 5. The molecule has 2 unspecified atom stereocenters. The minimum atomic E-state index is -1.43. The molecular weight excluding hydrogens is 689 g/mol. The predicted octanol–water partition coefficient (Wildman–Crippen LogP) is 8.50. The van der Waals surface area contributed by atoms with Crippen molar-refractivity contribution in [3.8, 4) is 17.0 Å². The Kier molecular flexibility index (Phi) is 7.76. The van der Waals surface area contributed by atoms with Crippen LogP contribution in [0.3, 0.4) is 0 Å². The fourth-order valence-electron chi connectivity index (χ4n) is 11.5. The van der Waals surface area contributed by atoms with Crippen LogP contribution in [0.4, 0.5) is 15.7 Å². The minimum Gasteiger partial charge on any atom is -0.449 e. The number of carbonyl (C=O) groups is 2. The summed E-state index contributed by atoms with van der Waals surface area (Å²) in [6.07, 6.45) is 7.90. The van der Waals surface area contributed by atoms with Gasteiger partial charge < -0.3 is 19.5 Å². The number of fused-ring (bicyclic) bond motifs is 2. The number of hydrogen-bond donors (Lipinski definition) is 2. The molecule has 0 spiro atoms. The van der Waals surface area contributed by atoms with E-state index in [1.54, 1.807) is 0 Å². The number of carbonyl (C=O) groups excluding carboxylic acids is 1. The number of carboxylic acid groups (broad SMARTS) is 1. The number of amides is 1. The number of aromatic nitrogens is 4. The molecule has 3 aromatic heterocycles. The van der Waals surface area contributed by atoms with Crippen molar-refractivity contribution in [1.29, 1.82) is 0 Å². The van der Waals surface area contributed by atoms with E-state index in [0.717, 1.165) is 71.2 Å². The number of ether oxygens (including phenoxy) is 2. The molecule has 4 aliphatic carbocycles. The summed E-state index contributed by atoms with van der Waals surface area (Å²) in [5, 5.41) is 18.2. The highest BCUT2D eigenvalue weighted by molar-refractivity contribution is 7.22. The van der Waals surface area contributed by atoms with Gasteiger partial charge in [-0.15, -0.1) is 0 Å². The van der Waals surface area contributed by atoms with Gasteiger partial charge >= 0.3 is 6.16 Å². The van der Waals surface area contributed by atoms with Crippen LogP contribution in [0.15, 0.2) is 60.8 Å². The number of para-hydroxylation sites is 1. The van der Waals surface area contributed by atoms with Gasteiger partial charge in [0.2, 0.25) is 5.88 Å². The van der Waals surface area contributed by atoms with Gasteiger partial charge in [-0.05, 0) is 110 Å². The van der Waals surface area contributed by atoms with Crippen LogP contribution in [0.1, 0.15) is 79.6 Å². The van der Waals surface area contributed by atoms with Gasteiger partial charge in [-0.2, -0.15) is 10.1 Å². The zero-order valence-corrected chi connectivity index (χ0v) is 31.4. The summed E-state index contributed by atoms with van der Waals surface area (Å²) in [6.45, 7) is 8.79. The lowest BCUT2D eigenvalue weighted by atomic mass is 9.39. The molecule has 10 rings (SSSR count). The van der Waals surface area contributed by atoms with E-state index >= 15 is 0 Å². The molecule has 0 saturated heterocycles. The second-order valence-electron chi connectivity index (χ2n) is 16.8. The number of thiazole rings is 1. The molecule has 12 heteroatoms. The summed E-state index contributed by atoms with van der Waals surface area (Å²) in [6, 6.07) is 17.4. The van der Waals surface area contributed by atoms with Gasteiger partial charge in [0.05, 0.1) is 22.0 Å². The van der Waals surface area contributed by atoms with Crippen molar-refractivity contribution in [1.82, 2.24) is 19.7 Å². The van der Waals surface area contributed by atoms with Gasteiger partial charge in [-0.1, -0.05) is 49.4 Å². The lowest BCUT2D eigenvalue weighted by molar-refractivity contribution is -0.239. The Morgan fingerprint density at radius 2 is 1.74 bits per heavy atom. The van der Waals surface area contributed by atoms with Crippen molar-refractivity contribution >= 4 is 44.6 Å². The Hall–Kier alpha value is -4.81. The number of methoxy groups -OCH3 is 1. The highest BCUT2D eigenvalue weighted by Crippen LogP contribution is 2.72. The topological polar surface area (TPSA) is 132 Å². The van der Waals surface area contributed by atoms with E-state index < -0.39 is 6.16 Å².